The van der Waals surface area contributed by atoms with Gasteiger partial charge >= 0.3 is 0 Å². The van der Waals surface area contributed by atoms with Crippen molar-refractivity contribution in [1.29, 1.82) is 0 Å². The molecule has 0 fully saturated rings. The molecular weight excluding hydrogens is 140 g/mol. The zero-order chi connectivity index (χ0) is 7.23. The molecule has 3 heteroatoms. The van der Waals surface area contributed by atoms with Gasteiger partial charge in [-0.15, -0.1) is 0 Å². The van der Waals surface area contributed by atoms with E-state index < -0.39 is 0 Å². The summed E-state index contributed by atoms with van der Waals surface area (Å²) in [7, 11) is 0.782. The summed E-state index contributed by atoms with van der Waals surface area (Å²) in [5.41, 5.74) is 0.990. The van der Waals surface area contributed by atoms with Crippen molar-refractivity contribution in [3.63, 3.8) is 0 Å². The van der Waals surface area contributed by atoms with E-state index in [0.29, 0.717) is 0 Å². The molecule has 1 heterocycles. The molecule has 52 valence electrons. The molecule has 0 atom stereocenters. The molecule has 2 nitrogen and oxygen atoms in total. The van der Waals surface area contributed by atoms with E-state index in [2.05, 4.69) is 16.9 Å². The molecule has 0 N–H and O–H groups in total. The van der Waals surface area contributed by atoms with E-state index >= 15 is 0 Å². The van der Waals surface area contributed by atoms with Crippen LogP contribution in [0.3, 0.4) is 0 Å². The summed E-state index contributed by atoms with van der Waals surface area (Å²) in [6.45, 7) is 2.18. The van der Waals surface area contributed by atoms with Gasteiger partial charge in [-0.25, -0.2) is 9.97 Å². The Bertz CT molecular complexity index is 176. The van der Waals surface area contributed by atoms with Crippen LogP contribution in [0.1, 0.15) is 13.3 Å². The van der Waals surface area contributed by atoms with Crippen LogP contribution in [0.2, 0.25) is 6.04 Å². The van der Waals surface area contributed by atoms with Crippen LogP contribution in [-0.2, 0) is 0 Å². The monoisotopic (exact) mass is 150 g/mol. The summed E-state index contributed by atoms with van der Waals surface area (Å²) in [6, 6.07) is 3.06. The molecule has 0 saturated carbocycles. The van der Waals surface area contributed by atoms with Crippen LogP contribution in [-0.4, -0.2) is 19.5 Å². The van der Waals surface area contributed by atoms with Crippen LogP contribution in [0.4, 0.5) is 0 Å². The average molecular weight is 150 g/mol. The lowest BCUT2D eigenvalue weighted by atomic mass is 10.6. The lowest BCUT2D eigenvalue weighted by Crippen LogP contribution is -2.20. The van der Waals surface area contributed by atoms with E-state index in [1.54, 1.807) is 12.4 Å². The minimum absolute atomic E-state index is 0.782. The molecule has 10 heavy (non-hydrogen) atoms. The Morgan fingerprint density at radius 3 is 2.70 bits per heavy atom. The van der Waals surface area contributed by atoms with Gasteiger partial charge in [-0.2, -0.15) is 0 Å². The summed E-state index contributed by atoms with van der Waals surface area (Å²) in [4.78, 5) is 8.23. The third-order valence-electron chi connectivity index (χ3n) is 1.10. The Balaban J connectivity index is 2.43. The van der Waals surface area contributed by atoms with Gasteiger partial charge in [0, 0.05) is 12.4 Å². The lowest BCUT2D eigenvalue weighted by molar-refractivity contribution is 1.07. The smallest absolute Gasteiger partial charge is 0.135 e. The van der Waals surface area contributed by atoms with E-state index in [1.165, 1.54) is 12.5 Å². The zero-order valence-corrected chi connectivity index (χ0v) is 7.04. The van der Waals surface area contributed by atoms with Crippen molar-refractivity contribution in [1.82, 2.24) is 9.97 Å². The largest absolute Gasteiger partial charge is 0.247 e. The summed E-state index contributed by atoms with van der Waals surface area (Å²) in [6.07, 6.45) is 4.81. The first-order valence-corrected chi connectivity index (χ1v) is 4.65. The average Bonchev–Trinajstić information content (AvgIpc) is 2.03. The summed E-state index contributed by atoms with van der Waals surface area (Å²) < 4.78 is 0. The first-order valence-electron chi connectivity index (χ1n) is 3.44. The fourth-order valence-corrected chi connectivity index (χ4v) is 1.43. The first kappa shape index (κ1) is 7.40. The Morgan fingerprint density at radius 1 is 1.40 bits per heavy atom. The van der Waals surface area contributed by atoms with Crippen LogP contribution in [0, 0.1) is 0 Å². The van der Waals surface area contributed by atoms with Gasteiger partial charge in [0.15, 0.2) is 0 Å². The maximum Gasteiger partial charge on any atom is 0.135 e. The summed E-state index contributed by atoms with van der Waals surface area (Å²) >= 11 is 0. The Morgan fingerprint density at radius 2 is 2.10 bits per heavy atom. The highest BCUT2D eigenvalue weighted by atomic mass is 28.2. The first-order chi connectivity index (χ1) is 4.93. The number of aromatic nitrogens is 2. The fourth-order valence-electron chi connectivity index (χ4n) is 0.627. The molecule has 0 unspecified atom stereocenters. The number of nitrogens with zero attached hydrogens (tertiary/aromatic N) is 2. The minimum Gasteiger partial charge on any atom is -0.247 e. The second kappa shape index (κ2) is 4.17. The highest BCUT2D eigenvalue weighted by Gasteiger charge is 1.92. The molecule has 0 aliphatic rings. The molecule has 0 aliphatic heterocycles. The number of rotatable bonds is 3. The van der Waals surface area contributed by atoms with Crippen molar-refractivity contribution in [3.8, 4) is 0 Å². The van der Waals surface area contributed by atoms with E-state index in [-0.39, 0.29) is 0 Å². The molecule has 0 bridgehead atoms. The molecular formula is C7H10N2Si. The van der Waals surface area contributed by atoms with Gasteiger partial charge in [0.1, 0.15) is 15.0 Å². The number of hydrogen-bond donors (Lipinski definition) is 0. The maximum absolute atomic E-state index is 4.12. The molecule has 0 saturated heterocycles. The van der Waals surface area contributed by atoms with Gasteiger partial charge in [-0.05, 0) is 6.07 Å². The molecule has 0 amide bonds. The van der Waals surface area contributed by atoms with Gasteiger partial charge < -0.3 is 0 Å². The van der Waals surface area contributed by atoms with Crippen molar-refractivity contribution in [3.05, 3.63) is 18.5 Å². The van der Waals surface area contributed by atoms with E-state index in [0.717, 1.165) is 15.0 Å². The normalized spacial score (nSPS) is 9.70. The Kier molecular flexibility index (Phi) is 3.09. The van der Waals surface area contributed by atoms with Crippen molar-refractivity contribution < 1.29 is 0 Å². The third kappa shape index (κ3) is 2.27. The molecule has 0 aliphatic carbocycles. The van der Waals surface area contributed by atoms with Crippen LogP contribution in [0.15, 0.2) is 18.5 Å². The van der Waals surface area contributed by atoms with E-state index in [9.17, 15) is 0 Å². The molecule has 1 aromatic heterocycles. The van der Waals surface area contributed by atoms with Gasteiger partial charge in [0.25, 0.3) is 0 Å². The topological polar surface area (TPSA) is 25.8 Å². The van der Waals surface area contributed by atoms with Crippen LogP contribution < -0.4 is 5.45 Å². The molecule has 2 radical (unpaired) electrons. The van der Waals surface area contributed by atoms with E-state index in [1.807, 2.05) is 6.07 Å². The standard InChI is InChI=1S/C7H10N2Si/c1-2-6-10-7-8-4-3-5-9-7/h3-5H,2,6H2,1H3. The van der Waals surface area contributed by atoms with Crippen LogP contribution in [0.5, 0.6) is 0 Å². The second-order valence-corrected chi connectivity index (χ2v) is 3.30. The van der Waals surface area contributed by atoms with Crippen LogP contribution >= 0.6 is 0 Å². The Labute approximate surface area is 63.5 Å². The van der Waals surface area contributed by atoms with Gasteiger partial charge in [0.05, 0.1) is 0 Å². The SMILES string of the molecule is CCC[Si]c1ncccn1. The highest BCUT2D eigenvalue weighted by molar-refractivity contribution is 6.51. The number of hydrogen-bond acceptors (Lipinski definition) is 2. The highest BCUT2D eigenvalue weighted by Crippen LogP contribution is 1.82. The third-order valence-corrected chi connectivity index (χ3v) is 2.42. The van der Waals surface area contributed by atoms with E-state index in [4.69, 9.17) is 0 Å². The minimum atomic E-state index is 0.782. The van der Waals surface area contributed by atoms with Gasteiger partial charge in [-0.1, -0.05) is 19.4 Å². The zero-order valence-electron chi connectivity index (χ0n) is 6.04. The predicted molar refractivity (Wildman–Crippen MR) is 42.5 cm³/mol. The van der Waals surface area contributed by atoms with Crippen LogP contribution in [0.25, 0.3) is 0 Å². The predicted octanol–water partition coefficient (Wildman–Crippen LogP) is 0.634. The quantitative estimate of drug-likeness (QED) is 0.591. The van der Waals surface area contributed by atoms with Gasteiger partial charge in [-0.3, -0.25) is 0 Å². The molecule has 1 aromatic rings. The second-order valence-electron chi connectivity index (χ2n) is 2.00. The van der Waals surface area contributed by atoms with Crippen molar-refractivity contribution in [2.75, 3.05) is 0 Å². The lowest BCUT2D eigenvalue weighted by Gasteiger charge is -1.92. The fraction of sp³-hybridized carbons (Fsp3) is 0.429. The van der Waals surface area contributed by atoms with Crippen molar-refractivity contribution >= 4 is 15.0 Å². The molecule has 1 rings (SSSR count). The molecule has 0 aromatic carbocycles. The maximum atomic E-state index is 4.12. The Hall–Kier alpha value is -0.703. The van der Waals surface area contributed by atoms with Crippen molar-refractivity contribution in [2.24, 2.45) is 0 Å². The summed E-state index contributed by atoms with van der Waals surface area (Å²) in [5, 5.41) is 0. The summed E-state index contributed by atoms with van der Waals surface area (Å²) in [5.74, 6) is 0. The van der Waals surface area contributed by atoms with Crippen molar-refractivity contribution in [2.45, 2.75) is 19.4 Å². The molecule has 0 spiro atoms. The van der Waals surface area contributed by atoms with Gasteiger partial charge in [0.2, 0.25) is 0 Å².